The first kappa shape index (κ1) is 14.7. The third-order valence-corrected chi connectivity index (χ3v) is 3.40. The van der Waals surface area contributed by atoms with Gasteiger partial charge in [-0.25, -0.2) is 4.98 Å². The van der Waals surface area contributed by atoms with Gasteiger partial charge in [-0.2, -0.15) is 0 Å². The molecule has 116 valence electrons. The van der Waals surface area contributed by atoms with E-state index in [2.05, 4.69) is 15.3 Å². The van der Waals surface area contributed by atoms with Gasteiger partial charge >= 0.3 is 5.97 Å². The van der Waals surface area contributed by atoms with Crippen LogP contribution in [0.15, 0.2) is 43.0 Å². The highest BCUT2D eigenvalue weighted by atomic mass is 16.4. The van der Waals surface area contributed by atoms with Crippen LogP contribution in [0.3, 0.4) is 0 Å². The van der Waals surface area contributed by atoms with Crippen LogP contribution in [0, 0.1) is 0 Å². The Hall–Kier alpha value is -3.22. The lowest BCUT2D eigenvalue weighted by Crippen LogP contribution is -2.07. The van der Waals surface area contributed by atoms with Crippen molar-refractivity contribution < 1.29 is 14.7 Å². The number of carbonyl (C=O) groups is 2. The number of rotatable bonds is 5. The molecule has 0 aliphatic rings. The first-order chi connectivity index (χ1) is 11.0. The number of fused-ring (bicyclic) bond motifs is 1. The molecule has 2 aromatic heterocycles. The monoisotopic (exact) mass is 310 g/mol. The maximum absolute atomic E-state index is 11.8. The molecule has 0 amide bonds. The number of benzene rings is 1. The predicted octanol–water partition coefficient (Wildman–Crippen LogP) is 2.46. The summed E-state index contributed by atoms with van der Waals surface area (Å²) in [4.78, 5) is 30.9. The highest BCUT2D eigenvalue weighted by Crippen LogP contribution is 2.26. The maximum atomic E-state index is 11.8. The fourth-order valence-corrected chi connectivity index (χ4v) is 2.44. The number of ketones is 1. The average molecular weight is 310 g/mol. The van der Waals surface area contributed by atoms with Gasteiger partial charge in [0.05, 0.1) is 6.20 Å². The van der Waals surface area contributed by atoms with Crippen molar-refractivity contribution in [2.75, 3.05) is 5.32 Å². The number of carboxylic acids is 1. The van der Waals surface area contributed by atoms with E-state index in [1.165, 1.54) is 6.92 Å². The van der Waals surface area contributed by atoms with E-state index < -0.39 is 5.97 Å². The van der Waals surface area contributed by atoms with Gasteiger partial charge in [0.2, 0.25) is 0 Å². The highest BCUT2D eigenvalue weighted by Gasteiger charge is 2.14. The third kappa shape index (κ3) is 3.03. The number of aromatic nitrogens is 3. The minimum Gasteiger partial charge on any atom is -0.480 e. The summed E-state index contributed by atoms with van der Waals surface area (Å²) in [6.45, 7) is 1.27. The van der Waals surface area contributed by atoms with Gasteiger partial charge in [0.1, 0.15) is 12.4 Å². The van der Waals surface area contributed by atoms with Crippen LogP contribution in [0.1, 0.15) is 17.3 Å². The van der Waals surface area contributed by atoms with E-state index in [1.54, 1.807) is 47.6 Å². The van der Waals surface area contributed by atoms with E-state index in [-0.39, 0.29) is 12.3 Å². The van der Waals surface area contributed by atoms with E-state index in [9.17, 15) is 9.59 Å². The molecule has 1 aromatic carbocycles. The second kappa shape index (κ2) is 5.88. The molecule has 0 spiro atoms. The summed E-state index contributed by atoms with van der Waals surface area (Å²) in [6.07, 6.45) is 6.32. The van der Waals surface area contributed by atoms with Crippen LogP contribution in [0.2, 0.25) is 0 Å². The smallest absolute Gasteiger partial charge is 0.323 e. The van der Waals surface area contributed by atoms with Gasteiger partial charge in [0.25, 0.3) is 0 Å². The number of nitrogens with zero attached hydrogens (tertiary/aromatic N) is 3. The summed E-state index contributed by atoms with van der Waals surface area (Å²) in [5.74, 6) is -0.490. The fraction of sp³-hybridized carbons (Fsp3) is 0.125. The number of Topliss-reactive ketones (excluding diaryl/α,β-unsaturated/α-hetero) is 1. The fourth-order valence-electron chi connectivity index (χ4n) is 2.44. The Morgan fingerprint density at radius 2 is 2.13 bits per heavy atom. The van der Waals surface area contributed by atoms with Crippen LogP contribution in [0.25, 0.3) is 10.9 Å². The average Bonchev–Trinajstić information content (AvgIpc) is 2.86. The van der Waals surface area contributed by atoms with Crippen molar-refractivity contribution in [2.24, 2.45) is 0 Å². The highest BCUT2D eigenvalue weighted by molar-refractivity contribution is 6.08. The molecular formula is C16H14N4O3. The van der Waals surface area contributed by atoms with E-state index >= 15 is 0 Å². The molecule has 2 heterocycles. The molecule has 0 saturated heterocycles. The zero-order chi connectivity index (χ0) is 16.4. The summed E-state index contributed by atoms with van der Waals surface area (Å²) in [5.41, 5.74) is 1.93. The standard InChI is InChI=1S/C16H14N4O3/c1-10(21)13-8-20(9-16(22)23)14-3-2-11(6-12(13)14)19-15-7-17-4-5-18-15/h2-8H,9H2,1H3,(H,18,19)(H,22,23). The Balaban J connectivity index is 2.05. The van der Waals surface area contributed by atoms with E-state index in [0.717, 1.165) is 5.69 Å². The molecule has 7 nitrogen and oxygen atoms in total. The zero-order valence-corrected chi connectivity index (χ0v) is 12.4. The van der Waals surface area contributed by atoms with Crippen molar-refractivity contribution in [3.05, 3.63) is 48.5 Å². The van der Waals surface area contributed by atoms with Gasteiger partial charge in [-0.1, -0.05) is 0 Å². The summed E-state index contributed by atoms with van der Waals surface area (Å²) in [7, 11) is 0. The topological polar surface area (TPSA) is 97.1 Å². The molecule has 23 heavy (non-hydrogen) atoms. The third-order valence-electron chi connectivity index (χ3n) is 3.40. The van der Waals surface area contributed by atoms with Crippen LogP contribution < -0.4 is 5.32 Å². The Kier molecular flexibility index (Phi) is 3.76. The van der Waals surface area contributed by atoms with Crippen LogP contribution >= 0.6 is 0 Å². The predicted molar refractivity (Wildman–Crippen MR) is 84.9 cm³/mol. The van der Waals surface area contributed by atoms with E-state index in [1.807, 2.05) is 0 Å². The summed E-state index contributed by atoms with van der Waals surface area (Å²) < 4.78 is 1.56. The molecule has 7 heteroatoms. The van der Waals surface area contributed by atoms with Crippen molar-refractivity contribution >= 4 is 34.2 Å². The Morgan fingerprint density at radius 3 is 2.78 bits per heavy atom. The van der Waals surface area contributed by atoms with Crippen LogP contribution in [0.5, 0.6) is 0 Å². The van der Waals surface area contributed by atoms with Gasteiger partial charge in [0, 0.05) is 40.7 Å². The van der Waals surface area contributed by atoms with Crippen LogP contribution in [-0.4, -0.2) is 31.4 Å². The normalized spacial score (nSPS) is 10.7. The number of anilines is 2. The lowest BCUT2D eigenvalue weighted by Gasteiger charge is -2.06. The number of carbonyl (C=O) groups excluding carboxylic acids is 1. The molecule has 0 bridgehead atoms. The first-order valence-electron chi connectivity index (χ1n) is 6.93. The number of nitrogens with one attached hydrogen (secondary N) is 1. The molecule has 0 aliphatic heterocycles. The molecule has 0 saturated carbocycles. The van der Waals surface area contributed by atoms with Gasteiger partial charge in [0.15, 0.2) is 5.78 Å². The Labute approximate surface area is 131 Å². The van der Waals surface area contributed by atoms with Crippen LogP contribution in [0.4, 0.5) is 11.5 Å². The molecule has 0 fully saturated rings. The number of hydrogen-bond acceptors (Lipinski definition) is 5. The Bertz CT molecular complexity index is 887. The molecule has 0 radical (unpaired) electrons. The molecule has 0 unspecified atom stereocenters. The lowest BCUT2D eigenvalue weighted by molar-refractivity contribution is -0.137. The van der Waals surface area contributed by atoms with Gasteiger partial charge < -0.3 is 15.0 Å². The SMILES string of the molecule is CC(=O)c1cn(CC(=O)O)c2ccc(Nc3cnccn3)cc12. The minimum absolute atomic E-state index is 0.115. The second-order valence-corrected chi connectivity index (χ2v) is 5.07. The van der Waals surface area contributed by atoms with Crippen molar-refractivity contribution in [3.8, 4) is 0 Å². The first-order valence-corrected chi connectivity index (χ1v) is 6.93. The lowest BCUT2D eigenvalue weighted by atomic mass is 10.1. The van der Waals surface area contributed by atoms with Gasteiger partial charge in [-0.3, -0.25) is 14.6 Å². The number of aliphatic carboxylic acids is 1. The van der Waals surface area contributed by atoms with Gasteiger partial charge in [-0.15, -0.1) is 0 Å². The largest absolute Gasteiger partial charge is 0.480 e. The molecule has 0 atom stereocenters. The summed E-state index contributed by atoms with van der Waals surface area (Å²) in [6, 6.07) is 5.39. The number of carboxylic acid groups (broad SMARTS) is 1. The second-order valence-electron chi connectivity index (χ2n) is 5.07. The Morgan fingerprint density at radius 1 is 1.30 bits per heavy atom. The molecule has 0 aliphatic carbocycles. The maximum Gasteiger partial charge on any atom is 0.323 e. The van der Waals surface area contributed by atoms with Crippen molar-refractivity contribution in [1.29, 1.82) is 0 Å². The summed E-state index contributed by atoms with van der Waals surface area (Å²) in [5, 5.41) is 12.8. The molecular weight excluding hydrogens is 296 g/mol. The van der Waals surface area contributed by atoms with Crippen molar-refractivity contribution in [3.63, 3.8) is 0 Å². The van der Waals surface area contributed by atoms with Gasteiger partial charge in [-0.05, 0) is 25.1 Å². The van der Waals surface area contributed by atoms with Crippen molar-refractivity contribution in [2.45, 2.75) is 13.5 Å². The quantitative estimate of drug-likeness (QED) is 0.703. The van der Waals surface area contributed by atoms with Crippen molar-refractivity contribution in [1.82, 2.24) is 14.5 Å². The van der Waals surface area contributed by atoms with E-state index in [0.29, 0.717) is 22.3 Å². The summed E-state index contributed by atoms with van der Waals surface area (Å²) >= 11 is 0. The number of hydrogen-bond donors (Lipinski definition) is 2. The molecule has 3 rings (SSSR count). The molecule has 3 aromatic rings. The van der Waals surface area contributed by atoms with E-state index in [4.69, 9.17) is 5.11 Å². The van der Waals surface area contributed by atoms with Crippen LogP contribution in [-0.2, 0) is 11.3 Å². The minimum atomic E-state index is -0.959. The zero-order valence-electron chi connectivity index (χ0n) is 12.4. The molecule has 2 N–H and O–H groups in total.